The first-order chi connectivity index (χ1) is 9.29. The van der Waals surface area contributed by atoms with Gasteiger partial charge < -0.3 is 9.88 Å². The van der Waals surface area contributed by atoms with E-state index < -0.39 is 0 Å². The third kappa shape index (κ3) is 4.17. The van der Waals surface area contributed by atoms with Crippen LogP contribution in [-0.4, -0.2) is 27.4 Å². The van der Waals surface area contributed by atoms with Gasteiger partial charge in [0.2, 0.25) is 0 Å². The van der Waals surface area contributed by atoms with E-state index in [1.54, 1.807) is 6.33 Å². The highest BCUT2D eigenvalue weighted by Crippen LogP contribution is 2.05. The van der Waals surface area contributed by atoms with E-state index in [0.717, 1.165) is 31.6 Å². The number of nitrogens with one attached hydrogen (secondary N) is 1. The predicted octanol–water partition coefficient (Wildman–Crippen LogP) is 1.97. The molecule has 1 N–H and O–H groups in total. The van der Waals surface area contributed by atoms with Crippen molar-refractivity contribution in [1.82, 2.24) is 20.1 Å². The maximum Gasteiger partial charge on any atom is 0.133 e. The second-order valence-corrected chi connectivity index (χ2v) is 4.86. The van der Waals surface area contributed by atoms with Gasteiger partial charge in [0, 0.05) is 26.1 Å². The fourth-order valence-corrected chi connectivity index (χ4v) is 2.18. The molecule has 19 heavy (non-hydrogen) atoms. The minimum Gasteiger partial charge on any atom is -0.321 e. The van der Waals surface area contributed by atoms with Crippen LogP contribution in [0.4, 0.5) is 0 Å². The second kappa shape index (κ2) is 7.04. The minimum atomic E-state index is 0.524. The number of aromatic nitrogens is 3. The zero-order valence-electron chi connectivity index (χ0n) is 11.7. The first-order valence-electron chi connectivity index (χ1n) is 6.89. The SMILES string of the molecule is CCC(Cc1ccccc1)NCCc1nncn1C. The summed E-state index contributed by atoms with van der Waals surface area (Å²) in [5.74, 6) is 1.03. The third-order valence-electron chi connectivity index (χ3n) is 3.40. The molecule has 0 saturated carbocycles. The van der Waals surface area contributed by atoms with Gasteiger partial charge in [0.1, 0.15) is 12.2 Å². The van der Waals surface area contributed by atoms with Crippen LogP contribution in [-0.2, 0) is 19.9 Å². The largest absolute Gasteiger partial charge is 0.321 e. The summed E-state index contributed by atoms with van der Waals surface area (Å²) in [7, 11) is 1.98. The van der Waals surface area contributed by atoms with Crippen LogP contribution in [0.1, 0.15) is 24.7 Å². The summed E-state index contributed by atoms with van der Waals surface area (Å²) >= 11 is 0. The molecule has 0 amide bonds. The highest BCUT2D eigenvalue weighted by Gasteiger charge is 2.07. The topological polar surface area (TPSA) is 42.7 Å². The first-order valence-corrected chi connectivity index (χ1v) is 6.89. The normalized spacial score (nSPS) is 12.5. The Morgan fingerprint density at radius 1 is 1.26 bits per heavy atom. The summed E-state index contributed by atoms with van der Waals surface area (Å²) in [6.45, 7) is 3.17. The molecular formula is C15H22N4. The molecule has 0 saturated heterocycles. The van der Waals surface area contributed by atoms with E-state index in [-0.39, 0.29) is 0 Å². The molecular weight excluding hydrogens is 236 g/mol. The molecule has 4 nitrogen and oxygen atoms in total. The molecule has 0 aliphatic rings. The molecule has 1 aromatic heterocycles. The highest BCUT2D eigenvalue weighted by molar-refractivity contribution is 5.15. The Hall–Kier alpha value is -1.68. The molecule has 0 bridgehead atoms. The predicted molar refractivity (Wildman–Crippen MR) is 76.9 cm³/mol. The van der Waals surface area contributed by atoms with Crippen molar-refractivity contribution in [3.05, 3.63) is 48.0 Å². The van der Waals surface area contributed by atoms with E-state index in [0.29, 0.717) is 6.04 Å². The summed E-state index contributed by atoms with van der Waals surface area (Å²) in [6.07, 6.45) is 4.88. The van der Waals surface area contributed by atoms with Gasteiger partial charge in [-0.3, -0.25) is 0 Å². The van der Waals surface area contributed by atoms with E-state index in [2.05, 4.69) is 52.8 Å². The maximum atomic E-state index is 4.10. The van der Waals surface area contributed by atoms with E-state index in [1.165, 1.54) is 5.56 Å². The van der Waals surface area contributed by atoms with Gasteiger partial charge >= 0.3 is 0 Å². The van der Waals surface area contributed by atoms with Gasteiger partial charge in [-0.05, 0) is 18.4 Å². The lowest BCUT2D eigenvalue weighted by Crippen LogP contribution is -2.32. The van der Waals surface area contributed by atoms with E-state index in [9.17, 15) is 0 Å². The highest BCUT2D eigenvalue weighted by atomic mass is 15.2. The van der Waals surface area contributed by atoms with Crippen LogP contribution in [0.15, 0.2) is 36.7 Å². The van der Waals surface area contributed by atoms with Crippen molar-refractivity contribution in [3.8, 4) is 0 Å². The molecule has 102 valence electrons. The number of hydrogen-bond acceptors (Lipinski definition) is 3. The lowest BCUT2D eigenvalue weighted by molar-refractivity contribution is 0.492. The lowest BCUT2D eigenvalue weighted by Gasteiger charge is -2.16. The van der Waals surface area contributed by atoms with E-state index in [1.807, 2.05) is 11.6 Å². The molecule has 2 aromatic rings. The number of hydrogen-bond donors (Lipinski definition) is 1. The second-order valence-electron chi connectivity index (χ2n) is 4.86. The quantitative estimate of drug-likeness (QED) is 0.825. The average Bonchev–Trinajstić information content (AvgIpc) is 2.84. The summed E-state index contributed by atoms with van der Waals surface area (Å²) in [5, 5.41) is 11.6. The van der Waals surface area contributed by atoms with Crippen molar-refractivity contribution < 1.29 is 0 Å². The summed E-state index contributed by atoms with van der Waals surface area (Å²) < 4.78 is 1.97. The summed E-state index contributed by atoms with van der Waals surface area (Å²) in [6, 6.07) is 11.2. The molecule has 2 rings (SSSR count). The Morgan fingerprint density at radius 3 is 2.68 bits per heavy atom. The average molecular weight is 258 g/mol. The lowest BCUT2D eigenvalue weighted by atomic mass is 10.0. The van der Waals surface area contributed by atoms with Crippen LogP contribution in [0.25, 0.3) is 0 Å². The monoisotopic (exact) mass is 258 g/mol. The van der Waals surface area contributed by atoms with Crippen molar-refractivity contribution in [1.29, 1.82) is 0 Å². The number of nitrogens with zero attached hydrogens (tertiary/aromatic N) is 3. The first kappa shape index (κ1) is 13.7. The Labute approximate surface area is 114 Å². The standard InChI is InChI=1S/C15H22N4/c1-3-14(11-13-7-5-4-6-8-13)16-10-9-15-18-17-12-19(15)2/h4-8,12,14,16H,3,9-11H2,1-2H3. The Bertz CT molecular complexity index is 478. The molecule has 4 heteroatoms. The molecule has 0 spiro atoms. The summed E-state index contributed by atoms with van der Waals surface area (Å²) in [5.41, 5.74) is 1.39. The molecule has 1 heterocycles. The zero-order valence-corrected chi connectivity index (χ0v) is 11.7. The molecule has 1 unspecified atom stereocenters. The van der Waals surface area contributed by atoms with Crippen molar-refractivity contribution >= 4 is 0 Å². The van der Waals surface area contributed by atoms with Crippen LogP contribution >= 0.6 is 0 Å². The Balaban J connectivity index is 1.78. The van der Waals surface area contributed by atoms with E-state index >= 15 is 0 Å². The Morgan fingerprint density at radius 2 is 2.05 bits per heavy atom. The van der Waals surface area contributed by atoms with Crippen LogP contribution in [0, 0.1) is 0 Å². The molecule has 0 radical (unpaired) electrons. The van der Waals surface area contributed by atoms with Crippen LogP contribution < -0.4 is 5.32 Å². The van der Waals surface area contributed by atoms with Crippen LogP contribution in [0.3, 0.4) is 0 Å². The van der Waals surface area contributed by atoms with Crippen molar-refractivity contribution in [2.24, 2.45) is 7.05 Å². The molecule has 0 aliphatic carbocycles. The molecule has 0 fully saturated rings. The number of aryl methyl sites for hydroxylation is 1. The van der Waals surface area contributed by atoms with Crippen LogP contribution in [0.2, 0.25) is 0 Å². The van der Waals surface area contributed by atoms with Gasteiger partial charge in [-0.15, -0.1) is 10.2 Å². The van der Waals surface area contributed by atoms with Crippen molar-refractivity contribution in [2.45, 2.75) is 32.2 Å². The smallest absolute Gasteiger partial charge is 0.133 e. The summed E-state index contributed by atoms with van der Waals surface area (Å²) in [4.78, 5) is 0. The van der Waals surface area contributed by atoms with Gasteiger partial charge in [-0.1, -0.05) is 37.3 Å². The maximum absolute atomic E-state index is 4.10. The number of benzene rings is 1. The molecule has 0 aliphatic heterocycles. The fraction of sp³-hybridized carbons (Fsp3) is 0.467. The van der Waals surface area contributed by atoms with Crippen LogP contribution in [0.5, 0.6) is 0 Å². The van der Waals surface area contributed by atoms with Crippen molar-refractivity contribution in [3.63, 3.8) is 0 Å². The third-order valence-corrected chi connectivity index (χ3v) is 3.40. The fourth-order valence-electron chi connectivity index (χ4n) is 2.18. The van der Waals surface area contributed by atoms with Gasteiger partial charge in [0.25, 0.3) is 0 Å². The van der Waals surface area contributed by atoms with Gasteiger partial charge in [0.15, 0.2) is 0 Å². The number of rotatable bonds is 7. The Kier molecular flexibility index (Phi) is 5.10. The van der Waals surface area contributed by atoms with E-state index in [4.69, 9.17) is 0 Å². The van der Waals surface area contributed by atoms with Gasteiger partial charge in [-0.25, -0.2) is 0 Å². The minimum absolute atomic E-state index is 0.524. The van der Waals surface area contributed by atoms with Gasteiger partial charge in [0.05, 0.1) is 0 Å². The van der Waals surface area contributed by atoms with Gasteiger partial charge in [-0.2, -0.15) is 0 Å². The van der Waals surface area contributed by atoms with Crippen molar-refractivity contribution in [2.75, 3.05) is 6.54 Å². The zero-order chi connectivity index (χ0) is 13.5. The molecule has 1 aromatic carbocycles. The molecule has 1 atom stereocenters.